The van der Waals surface area contributed by atoms with Gasteiger partial charge in [0.25, 0.3) is 0 Å². The first kappa shape index (κ1) is 27.1. The summed E-state index contributed by atoms with van der Waals surface area (Å²) >= 11 is 2.18. The molecule has 0 aliphatic carbocycles. The molecule has 2 aliphatic rings. The molecular weight excluding hydrogens is 595 g/mol. The number of aromatic nitrogens is 2. The highest BCUT2D eigenvalue weighted by atomic mass is 127. The van der Waals surface area contributed by atoms with Crippen LogP contribution in [0.4, 0.5) is 21.4 Å². The first-order valence-corrected chi connectivity index (χ1v) is 13.1. The molecule has 0 unspecified atom stereocenters. The Morgan fingerprint density at radius 2 is 1.54 bits per heavy atom. The first-order chi connectivity index (χ1) is 17.9. The second-order valence-corrected chi connectivity index (χ2v) is 9.91. The summed E-state index contributed by atoms with van der Waals surface area (Å²) in [5, 5.41) is 5.52. The van der Waals surface area contributed by atoms with Crippen molar-refractivity contribution in [3.8, 4) is 17.2 Å². The van der Waals surface area contributed by atoms with Crippen LogP contribution in [0.5, 0.6) is 17.2 Å². The number of urea groups is 2. The number of nitrogens with one attached hydrogen (secondary N) is 2. The third-order valence-electron chi connectivity index (χ3n) is 5.92. The Balaban J connectivity index is 1.62. The fraction of sp³-hybridized carbons (Fsp3) is 0.500. The van der Waals surface area contributed by atoms with Crippen molar-refractivity contribution in [2.75, 3.05) is 70.3 Å². The number of anilines is 2. The molecule has 2 saturated heterocycles. The Bertz CT molecular complexity index is 1120. The predicted octanol–water partition coefficient (Wildman–Crippen LogP) is 3.73. The summed E-state index contributed by atoms with van der Waals surface area (Å²) in [4.78, 5) is 37.6. The molecule has 2 fully saturated rings. The lowest BCUT2D eigenvalue weighted by Gasteiger charge is -2.27. The van der Waals surface area contributed by atoms with Crippen LogP contribution in [0.25, 0.3) is 0 Å². The maximum Gasteiger partial charge on any atom is 0.324 e. The lowest BCUT2D eigenvalue weighted by atomic mass is 10.0. The van der Waals surface area contributed by atoms with Gasteiger partial charge in [-0.25, -0.2) is 14.6 Å². The molecular formula is C24H31IN6O6. The van der Waals surface area contributed by atoms with E-state index in [1.165, 1.54) is 6.20 Å². The van der Waals surface area contributed by atoms with E-state index in [1.54, 1.807) is 16.9 Å². The lowest BCUT2D eigenvalue weighted by molar-refractivity contribution is 0.0564. The van der Waals surface area contributed by atoms with Crippen LogP contribution in [0.2, 0.25) is 0 Å². The number of hydrogen-bond donors (Lipinski definition) is 2. The Hall–Kier alpha value is -2.91. The predicted molar refractivity (Wildman–Crippen MR) is 145 cm³/mol. The molecule has 2 aliphatic heterocycles. The van der Waals surface area contributed by atoms with E-state index in [9.17, 15) is 9.59 Å². The molecule has 37 heavy (non-hydrogen) atoms. The van der Waals surface area contributed by atoms with E-state index in [1.807, 2.05) is 12.1 Å². The van der Waals surface area contributed by atoms with Crippen molar-refractivity contribution in [3.05, 3.63) is 27.5 Å². The zero-order valence-electron chi connectivity index (χ0n) is 21.1. The zero-order chi connectivity index (χ0) is 26.4. The van der Waals surface area contributed by atoms with Crippen LogP contribution in [0.1, 0.15) is 25.3 Å². The number of carbonyl (C=O) groups is 2. The Morgan fingerprint density at radius 3 is 2.11 bits per heavy atom. The summed E-state index contributed by atoms with van der Waals surface area (Å²) in [5.74, 6) is 1.92. The number of hydrogen-bond acceptors (Lipinski definition) is 8. The Kier molecular flexibility index (Phi) is 9.21. The van der Waals surface area contributed by atoms with E-state index in [-0.39, 0.29) is 35.5 Å². The molecule has 1 aromatic carbocycles. The molecule has 4 amide bonds. The summed E-state index contributed by atoms with van der Waals surface area (Å²) in [5.41, 5.74) is 0.924. The highest BCUT2D eigenvalue weighted by molar-refractivity contribution is 14.1. The summed E-state index contributed by atoms with van der Waals surface area (Å²) in [6.45, 7) is 7.84. The van der Waals surface area contributed by atoms with Crippen molar-refractivity contribution in [2.45, 2.75) is 19.8 Å². The van der Waals surface area contributed by atoms with Gasteiger partial charge in [-0.2, -0.15) is 4.98 Å². The summed E-state index contributed by atoms with van der Waals surface area (Å²) in [6, 6.07) is 3.13. The number of benzene rings is 1. The van der Waals surface area contributed by atoms with Gasteiger partial charge in [0, 0.05) is 31.7 Å². The highest BCUT2D eigenvalue weighted by Gasteiger charge is 2.23. The smallest absolute Gasteiger partial charge is 0.324 e. The molecule has 3 heterocycles. The summed E-state index contributed by atoms with van der Waals surface area (Å²) in [6.07, 6.45) is 1.44. The van der Waals surface area contributed by atoms with E-state index in [0.29, 0.717) is 58.4 Å². The largest absolute Gasteiger partial charge is 0.496 e. The minimum atomic E-state index is -0.342. The number of nitrogens with zero attached hydrogens (tertiary/aromatic N) is 4. The van der Waals surface area contributed by atoms with Gasteiger partial charge in [0.2, 0.25) is 5.95 Å². The van der Waals surface area contributed by atoms with Gasteiger partial charge in [-0.1, -0.05) is 13.8 Å². The van der Waals surface area contributed by atoms with Crippen LogP contribution in [0, 0.1) is 3.57 Å². The van der Waals surface area contributed by atoms with Gasteiger partial charge in [0.1, 0.15) is 11.5 Å². The molecule has 0 spiro atoms. The second-order valence-electron chi connectivity index (χ2n) is 8.75. The first-order valence-electron chi connectivity index (χ1n) is 12.1. The Morgan fingerprint density at radius 1 is 0.946 bits per heavy atom. The maximum absolute atomic E-state index is 13.0. The average molecular weight is 626 g/mol. The highest BCUT2D eigenvalue weighted by Crippen LogP contribution is 2.38. The third-order valence-corrected chi connectivity index (χ3v) is 6.77. The minimum Gasteiger partial charge on any atom is -0.496 e. The normalized spacial score (nSPS) is 15.9. The Labute approximate surface area is 229 Å². The van der Waals surface area contributed by atoms with E-state index in [0.717, 1.165) is 14.9 Å². The van der Waals surface area contributed by atoms with Gasteiger partial charge in [-0.05, 0) is 40.6 Å². The maximum atomic E-state index is 13.0. The van der Waals surface area contributed by atoms with Gasteiger partial charge in [-0.15, -0.1) is 0 Å². The van der Waals surface area contributed by atoms with Crippen molar-refractivity contribution in [1.82, 2.24) is 19.8 Å². The van der Waals surface area contributed by atoms with Gasteiger partial charge >= 0.3 is 12.1 Å². The minimum absolute atomic E-state index is 0.0505. The molecule has 2 N–H and O–H groups in total. The van der Waals surface area contributed by atoms with E-state index < -0.39 is 0 Å². The summed E-state index contributed by atoms with van der Waals surface area (Å²) in [7, 11) is 1.62. The standard InChI is InChI=1S/C24H31IN6O6/c1-15(2)16-12-19(34-3)17(25)13-18(16)37-20-14-26-22(29-24(33)31-6-10-36-11-7-31)27-21(20)28-23(32)30-4-8-35-9-5-30/h12-15H,4-11H2,1-3H3,(H2,26,27,28,29,32,33). The van der Waals surface area contributed by atoms with Crippen LogP contribution in [0.15, 0.2) is 18.3 Å². The molecule has 12 nitrogen and oxygen atoms in total. The molecule has 0 atom stereocenters. The average Bonchev–Trinajstić information content (AvgIpc) is 2.91. The molecule has 13 heteroatoms. The monoisotopic (exact) mass is 626 g/mol. The fourth-order valence-corrected chi connectivity index (χ4v) is 4.51. The van der Waals surface area contributed by atoms with Gasteiger partial charge in [-0.3, -0.25) is 10.6 Å². The number of carbonyl (C=O) groups excluding carboxylic acids is 2. The lowest BCUT2D eigenvalue weighted by Crippen LogP contribution is -2.43. The number of ether oxygens (including phenoxy) is 4. The number of methoxy groups -OCH3 is 1. The molecule has 4 rings (SSSR count). The van der Waals surface area contributed by atoms with E-state index >= 15 is 0 Å². The number of morpholine rings is 2. The van der Waals surface area contributed by atoms with Crippen molar-refractivity contribution in [2.24, 2.45) is 0 Å². The third kappa shape index (κ3) is 6.90. The van der Waals surface area contributed by atoms with E-state index in [2.05, 4.69) is 57.0 Å². The molecule has 1 aromatic heterocycles. The van der Waals surface area contributed by atoms with Gasteiger partial charge in [0.05, 0.1) is 43.3 Å². The molecule has 2 aromatic rings. The molecule has 0 radical (unpaired) electrons. The number of rotatable bonds is 6. The molecule has 200 valence electrons. The van der Waals surface area contributed by atoms with Crippen molar-refractivity contribution in [1.29, 1.82) is 0 Å². The van der Waals surface area contributed by atoms with Crippen LogP contribution in [-0.2, 0) is 9.47 Å². The number of halogens is 1. The molecule has 0 saturated carbocycles. The number of amides is 4. The SMILES string of the molecule is COc1cc(C(C)C)c(Oc2cnc(NC(=O)N3CCOCC3)nc2NC(=O)N2CCOCC2)cc1I. The van der Waals surface area contributed by atoms with Crippen LogP contribution in [0.3, 0.4) is 0 Å². The van der Waals surface area contributed by atoms with Crippen molar-refractivity contribution >= 4 is 46.4 Å². The fourth-order valence-electron chi connectivity index (χ4n) is 3.85. The van der Waals surface area contributed by atoms with E-state index in [4.69, 9.17) is 18.9 Å². The topological polar surface area (TPSA) is 127 Å². The van der Waals surface area contributed by atoms with Crippen molar-refractivity contribution in [3.63, 3.8) is 0 Å². The van der Waals surface area contributed by atoms with Crippen LogP contribution >= 0.6 is 22.6 Å². The van der Waals surface area contributed by atoms with Crippen LogP contribution in [-0.4, -0.2) is 91.5 Å². The van der Waals surface area contributed by atoms with Gasteiger partial charge < -0.3 is 28.7 Å². The zero-order valence-corrected chi connectivity index (χ0v) is 23.2. The van der Waals surface area contributed by atoms with Crippen LogP contribution < -0.4 is 20.1 Å². The van der Waals surface area contributed by atoms with Crippen molar-refractivity contribution < 1.29 is 28.5 Å². The summed E-state index contributed by atoms with van der Waals surface area (Å²) < 4.78 is 23.3. The second kappa shape index (κ2) is 12.6. The quantitative estimate of drug-likeness (QED) is 0.465. The molecule has 0 bridgehead atoms. The van der Waals surface area contributed by atoms with Gasteiger partial charge in [0.15, 0.2) is 11.6 Å².